The minimum absolute atomic E-state index is 0.344. The first kappa shape index (κ1) is 20.3. The number of hydrogen-bond acceptors (Lipinski definition) is 3. The molecule has 4 aliphatic rings. The second-order valence-electron chi connectivity index (χ2n) is 10.4. The van der Waals surface area contributed by atoms with Gasteiger partial charge in [-0.15, -0.1) is 0 Å². The lowest BCUT2D eigenvalue weighted by Gasteiger charge is -2.54. The number of halogens is 1. The van der Waals surface area contributed by atoms with E-state index in [2.05, 4.69) is 41.1 Å². The zero-order chi connectivity index (χ0) is 20.9. The van der Waals surface area contributed by atoms with Gasteiger partial charge in [0.15, 0.2) is 0 Å². The van der Waals surface area contributed by atoms with Crippen LogP contribution in [0.15, 0.2) is 36.2 Å². The monoisotopic (exact) mass is 425 g/mol. The van der Waals surface area contributed by atoms with Crippen molar-refractivity contribution in [1.29, 1.82) is 0 Å². The van der Waals surface area contributed by atoms with Crippen LogP contribution >= 0.6 is 11.6 Å². The molecular weight excluding hydrogens is 394 g/mol. The molecule has 0 radical (unpaired) electrons. The van der Waals surface area contributed by atoms with Crippen LogP contribution in [0.5, 0.6) is 0 Å². The molecule has 1 heterocycles. The highest BCUT2D eigenvalue weighted by Gasteiger charge is 2.56. The van der Waals surface area contributed by atoms with Crippen LogP contribution in [-0.4, -0.2) is 25.7 Å². The predicted molar refractivity (Wildman–Crippen MR) is 118 cm³/mol. The summed E-state index contributed by atoms with van der Waals surface area (Å²) in [4.78, 5) is 1.77. The first-order chi connectivity index (χ1) is 14.4. The highest BCUT2D eigenvalue weighted by Crippen LogP contribution is 2.64. The number of aromatic nitrogens is 3. The van der Waals surface area contributed by atoms with Crippen LogP contribution in [0.4, 0.5) is 0 Å². The van der Waals surface area contributed by atoms with Crippen molar-refractivity contribution < 1.29 is 5.11 Å². The van der Waals surface area contributed by atoms with Gasteiger partial charge in [-0.3, -0.25) is 0 Å². The smallest absolute Gasteiger partial charge is 0.130 e. The fraction of sp³-hybridized carbons (Fsp3) is 0.680. The molecule has 3 fully saturated rings. The summed E-state index contributed by atoms with van der Waals surface area (Å²) in [5.41, 5.74) is 2.16. The van der Waals surface area contributed by atoms with Crippen LogP contribution < -0.4 is 0 Å². The number of aliphatic hydroxyl groups is 1. The molecule has 1 aromatic rings. The zero-order valence-corrected chi connectivity index (χ0v) is 18.6. The van der Waals surface area contributed by atoms with E-state index < -0.39 is 5.60 Å². The summed E-state index contributed by atoms with van der Waals surface area (Å²) >= 11 is 5.61. The van der Waals surface area contributed by atoms with Gasteiger partial charge in [-0.1, -0.05) is 36.6 Å². The van der Waals surface area contributed by atoms with E-state index in [1.807, 2.05) is 0 Å². The summed E-state index contributed by atoms with van der Waals surface area (Å²) in [7, 11) is 0. The maximum Gasteiger partial charge on any atom is 0.130 e. The lowest BCUT2D eigenvalue weighted by molar-refractivity contribution is -0.0205. The molecule has 0 saturated heterocycles. The molecule has 0 bridgehead atoms. The summed E-state index contributed by atoms with van der Waals surface area (Å²) < 4.78 is 0. The normalized spacial score (nSPS) is 42.2. The third-order valence-corrected chi connectivity index (χ3v) is 9.18. The predicted octanol–water partition coefficient (Wildman–Crippen LogP) is 4.95. The number of allylic oxidation sites excluding steroid dienone is 2. The van der Waals surface area contributed by atoms with Crippen molar-refractivity contribution in [3.8, 4) is 11.3 Å². The summed E-state index contributed by atoms with van der Waals surface area (Å²) in [5, 5.41) is 21.8. The quantitative estimate of drug-likeness (QED) is 0.550. The van der Waals surface area contributed by atoms with Gasteiger partial charge in [-0.2, -0.15) is 15.0 Å². The van der Waals surface area contributed by atoms with Gasteiger partial charge in [0.05, 0.1) is 18.9 Å². The average Bonchev–Trinajstić information content (AvgIpc) is 3.34. The molecule has 0 unspecified atom stereocenters. The van der Waals surface area contributed by atoms with Crippen LogP contribution in [0.2, 0.25) is 0 Å². The molecule has 0 amide bonds. The molecule has 5 heteroatoms. The van der Waals surface area contributed by atoms with Gasteiger partial charge in [0.25, 0.3) is 0 Å². The Hall–Kier alpha value is -1.57. The second kappa shape index (κ2) is 7.53. The van der Waals surface area contributed by atoms with Crippen molar-refractivity contribution in [3.05, 3.63) is 36.2 Å². The number of nitrogens with zero attached hydrogens (tertiary/aromatic N) is 3. The van der Waals surface area contributed by atoms with Gasteiger partial charge < -0.3 is 5.11 Å². The Labute approximate surface area is 184 Å². The van der Waals surface area contributed by atoms with Crippen molar-refractivity contribution in [1.82, 2.24) is 15.0 Å². The highest BCUT2D eigenvalue weighted by molar-refractivity contribution is 6.30. The molecule has 7 atom stereocenters. The van der Waals surface area contributed by atoms with Crippen LogP contribution in [-0.2, 0) is 6.54 Å². The van der Waals surface area contributed by atoms with E-state index in [1.165, 1.54) is 36.8 Å². The summed E-state index contributed by atoms with van der Waals surface area (Å²) in [6.45, 7) is 7.75. The third-order valence-electron chi connectivity index (χ3n) is 9.09. The average molecular weight is 426 g/mol. The third kappa shape index (κ3) is 3.26. The fourth-order valence-electron chi connectivity index (χ4n) is 7.77. The topological polar surface area (TPSA) is 50.9 Å². The van der Waals surface area contributed by atoms with E-state index in [0.29, 0.717) is 23.7 Å². The molecule has 3 saturated carbocycles. The van der Waals surface area contributed by atoms with Crippen LogP contribution in [0.25, 0.3) is 0 Å². The maximum absolute atomic E-state index is 10.8. The Balaban J connectivity index is 1.34. The van der Waals surface area contributed by atoms with Gasteiger partial charge in [-0.05, 0) is 91.6 Å². The van der Waals surface area contributed by atoms with E-state index in [0.717, 1.165) is 43.6 Å². The van der Waals surface area contributed by atoms with Gasteiger partial charge in [0, 0.05) is 11.8 Å². The van der Waals surface area contributed by atoms with Crippen molar-refractivity contribution in [2.45, 2.75) is 70.4 Å². The molecule has 1 N–H and O–H groups in total. The van der Waals surface area contributed by atoms with E-state index in [1.54, 1.807) is 17.2 Å². The minimum Gasteiger partial charge on any atom is -0.377 e. The van der Waals surface area contributed by atoms with E-state index >= 15 is 0 Å². The van der Waals surface area contributed by atoms with Crippen molar-refractivity contribution >= 4 is 11.6 Å². The SMILES string of the molecule is C=C(Cn1nccn1)[C@H]1CC[C@H]2[C@@H]3CC=C4C[C@](O)(C#CCl)CC[C@@H]4[C@H]3CC[C@]12C. The standard InChI is InChI=1S/C25H32ClN3O/c1-17(16-29-27-13-14-28-29)22-5-6-23-21-4-3-18-15-25(30,11-12-26)10-8-19(18)20(21)7-9-24(22,23)2/h3,13-14,19-23,30H,1,4-10,15-16H2,2H3/t19-,20+,21+,22+,23-,24+,25+/m0/s1. The van der Waals surface area contributed by atoms with Gasteiger partial charge >= 0.3 is 0 Å². The maximum atomic E-state index is 10.8. The van der Waals surface area contributed by atoms with Crippen molar-refractivity contribution in [2.75, 3.05) is 0 Å². The molecule has 0 spiro atoms. The molecule has 1 aromatic heterocycles. The first-order valence-electron chi connectivity index (χ1n) is 11.5. The largest absolute Gasteiger partial charge is 0.377 e. The molecule has 5 rings (SSSR count). The molecule has 0 aliphatic heterocycles. The Morgan fingerprint density at radius 1 is 1.23 bits per heavy atom. The van der Waals surface area contributed by atoms with E-state index in [-0.39, 0.29) is 0 Å². The van der Waals surface area contributed by atoms with Gasteiger partial charge in [0.1, 0.15) is 5.60 Å². The molecule has 4 aliphatic carbocycles. The van der Waals surface area contributed by atoms with Crippen molar-refractivity contribution in [2.24, 2.45) is 35.0 Å². The van der Waals surface area contributed by atoms with Gasteiger partial charge in [-0.25, -0.2) is 0 Å². The Bertz CT molecular complexity index is 913. The number of fused-ring (bicyclic) bond motifs is 5. The lowest BCUT2D eigenvalue weighted by Crippen LogP contribution is -2.47. The Morgan fingerprint density at radius 3 is 2.80 bits per heavy atom. The Morgan fingerprint density at radius 2 is 2.03 bits per heavy atom. The second-order valence-corrected chi connectivity index (χ2v) is 10.6. The molecular formula is C25H32ClN3O. The van der Waals surface area contributed by atoms with Crippen LogP contribution in [0.3, 0.4) is 0 Å². The zero-order valence-electron chi connectivity index (χ0n) is 17.9. The highest BCUT2D eigenvalue weighted by atomic mass is 35.5. The molecule has 0 aromatic carbocycles. The molecule has 4 nitrogen and oxygen atoms in total. The lowest BCUT2D eigenvalue weighted by atomic mass is 9.51. The van der Waals surface area contributed by atoms with Gasteiger partial charge in [0.2, 0.25) is 0 Å². The number of hydrogen-bond donors (Lipinski definition) is 1. The summed E-state index contributed by atoms with van der Waals surface area (Å²) in [6.07, 6.45) is 14.7. The van der Waals surface area contributed by atoms with Crippen LogP contribution in [0, 0.1) is 46.3 Å². The summed E-state index contributed by atoms with van der Waals surface area (Å²) in [5.74, 6) is 6.34. The van der Waals surface area contributed by atoms with E-state index in [9.17, 15) is 5.11 Å². The van der Waals surface area contributed by atoms with E-state index in [4.69, 9.17) is 11.6 Å². The van der Waals surface area contributed by atoms with Crippen molar-refractivity contribution in [3.63, 3.8) is 0 Å². The summed E-state index contributed by atoms with van der Waals surface area (Å²) in [6, 6.07) is 0. The van der Waals surface area contributed by atoms with Crippen LogP contribution in [0.1, 0.15) is 58.3 Å². The minimum atomic E-state index is -0.920. The Kier molecular flexibility index (Phi) is 5.11. The molecule has 30 heavy (non-hydrogen) atoms. The molecule has 160 valence electrons. The fourth-order valence-corrected chi connectivity index (χ4v) is 7.95. The first-order valence-corrected chi connectivity index (χ1v) is 11.9. The number of rotatable bonds is 3.